The Morgan fingerprint density at radius 1 is 0.397 bits per heavy atom. The lowest BCUT2D eigenvalue weighted by atomic mass is 10.0. The lowest BCUT2D eigenvalue weighted by molar-refractivity contribution is -0.143. The van der Waals surface area contributed by atoms with Crippen molar-refractivity contribution in [3.8, 4) is 0 Å². The summed E-state index contributed by atoms with van der Waals surface area (Å²) < 4.78 is 5.45. The van der Waals surface area contributed by atoms with Crippen molar-refractivity contribution in [2.24, 2.45) is 0 Å². The summed E-state index contributed by atoms with van der Waals surface area (Å²) >= 11 is 0. The fourth-order valence-corrected chi connectivity index (χ4v) is 9.20. The Labute approximate surface area is 424 Å². The second-order valence-electron chi connectivity index (χ2n) is 20.7. The average Bonchev–Trinajstić information content (AvgIpc) is 3.34. The average molecular weight is 957 g/mol. The summed E-state index contributed by atoms with van der Waals surface area (Å²) in [5, 5.41) is 23.2. The van der Waals surface area contributed by atoms with Crippen LogP contribution >= 0.6 is 0 Å². The molecule has 0 saturated heterocycles. The molecule has 0 aromatic heterocycles. The van der Waals surface area contributed by atoms with Crippen molar-refractivity contribution in [3.63, 3.8) is 0 Å². The van der Waals surface area contributed by atoms with E-state index in [1.807, 2.05) is 6.08 Å². The number of esters is 1. The fourth-order valence-electron chi connectivity index (χ4n) is 9.20. The highest BCUT2D eigenvalue weighted by Crippen LogP contribution is 2.17. The van der Waals surface area contributed by atoms with Gasteiger partial charge in [-0.1, -0.05) is 269 Å². The Balaban J connectivity index is 3.48. The standard InChI is InChI=1S/C62H117NO5/c1-3-5-7-9-11-13-15-16-17-18-19-22-25-28-31-35-38-42-46-50-54-60(65)59(58-64)63-61(66)55-51-47-43-39-36-32-29-26-23-20-21-24-27-30-33-37-41-45-49-53-57-68-62(67)56-52-48-44-40-34-14-12-10-8-6-4-2/h10,12,20,23,50,54,59-60,64-65H,3-9,11,13-19,21-22,24-49,51-53,55-58H2,1-2H3,(H,63,66)/b12-10-,23-20-,54-50+. The summed E-state index contributed by atoms with van der Waals surface area (Å²) in [5.74, 6) is -0.0803. The van der Waals surface area contributed by atoms with Crippen LogP contribution in [0.15, 0.2) is 36.5 Å². The van der Waals surface area contributed by atoms with Crippen molar-refractivity contribution in [1.29, 1.82) is 0 Å². The molecule has 2 unspecified atom stereocenters. The number of aliphatic hydroxyl groups excluding tert-OH is 2. The van der Waals surface area contributed by atoms with Gasteiger partial charge in [0.15, 0.2) is 0 Å². The zero-order valence-corrected chi connectivity index (χ0v) is 45.6. The van der Waals surface area contributed by atoms with Gasteiger partial charge in [-0.3, -0.25) is 9.59 Å². The quantitative estimate of drug-likeness (QED) is 0.0321. The van der Waals surface area contributed by atoms with E-state index in [0.29, 0.717) is 19.4 Å². The maximum Gasteiger partial charge on any atom is 0.305 e. The molecule has 0 aromatic rings. The van der Waals surface area contributed by atoms with Gasteiger partial charge in [0, 0.05) is 12.8 Å². The van der Waals surface area contributed by atoms with Gasteiger partial charge in [-0.25, -0.2) is 0 Å². The van der Waals surface area contributed by atoms with Gasteiger partial charge in [0.1, 0.15) is 0 Å². The van der Waals surface area contributed by atoms with E-state index in [1.165, 1.54) is 244 Å². The molecule has 0 fully saturated rings. The predicted molar refractivity (Wildman–Crippen MR) is 296 cm³/mol. The van der Waals surface area contributed by atoms with Crippen molar-refractivity contribution in [3.05, 3.63) is 36.5 Å². The zero-order chi connectivity index (χ0) is 49.3. The van der Waals surface area contributed by atoms with Crippen molar-refractivity contribution < 1.29 is 24.5 Å². The largest absolute Gasteiger partial charge is 0.466 e. The monoisotopic (exact) mass is 956 g/mol. The predicted octanol–water partition coefficient (Wildman–Crippen LogP) is 18.8. The number of aliphatic hydroxyl groups is 2. The summed E-state index contributed by atoms with van der Waals surface area (Å²) in [6, 6.07) is -0.635. The second kappa shape index (κ2) is 57.7. The number of carbonyl (C=O) groups excluding carboxylic acids is 2. The molecule has 0 rings (SSSR count). The van der Waals surface area contributed by atoms with Crippen LogP contribution in [0.1, 0.15) is 322 Å². The van der Waals surface area contributed by atoms with E-state index < -0.39 is 12.1 Å². The van der Waals surface area contributed by atoms with Gasteiger partial charge in [0.2, 0.25) is 5.91 Å². The van der Waals surface area contributed by atoms with Crippen molar-refractivity contribution in [1.82, 2.24) is 5.32 Å². The summed E-state index contributed by atoms with van der Waals surface area (Å²) in [6.45, 7) is 4.87. The third kappa shape index (κ3) is 53.4. The van der Waals surface area contributed by atoms with Crippen LogP contribution in [0.5, 0.6) is 0 Å². The van der Waals surface area contributed by atoms with Crippen LogP contribution in [0.3, 0.4) is 0 Å². The van der Waals surface area contributed by atoms with Crippen LogP contribution in [0.25, 0.3) is 0 Å². The summed E-state index contributed by atoms with van der Waals surface area (Å²) in [5.41, 5.74) is 0. The number of rotatable bonds is 56. The van der Waals surface area contributed by atoms with Gasteiger partial charge < -0.3 is 20.3 Å². The van der Waals surface area contributed by atoms with Gasteiger partial charge in [-0.2, -0.15) is 0 Å². The highest BCUT2D eigenvalue weighted by Gasteiger charge is 2.18. The molecular weight excluding hydrogens is 839 g/mol. The topological polar surface area (TPSA) is 95.9 Å². The van der Waals surface area contributed by atoms with Crippen LogP contribution in [-0.4, -0.2) is 47.4 Å². The normalized spacial score (nSPS) is 12.8. The minimum atomic E-state index is -0.851. The first-order chi connectivity index (χ1) is 33.5. The Hall–Kier alpha value is -1.92. The van der Waals surface area contributed by atoms with E-state index in [4.69, 9.17) is 4.74 Å². The summed E-state index contributed by atoms with van der Waals surface area (Å²) in [6.07, 6.45) is 71.7. The van der Waals surface area contributed by atoms with Gasteiger partial charge in [0.25, 0.3) is 0 Å². The first-order valence-corrected chi connectivity index (χ1v) is 30.3. The number of hydrogen-bond acceptors (Lipinski definition) is 5. The van der Waals surface area contributed by atoms with Crippen LogP contribution in [0.4, 0.5) is 0 Å². The molecule has 0 bridgehead atoms. The molecule has 0 spiro atoms. The Morgan fingerprint density at radius 2 is 0.706 bits per heavy atom. The number of hydrogen-bond donors (Lipinski definition) is 3. The molecule has 2 atom stereocenters. The van der Waals surface area contributed by atoms with E-state index in [2.05, 4.69) is 43.5 Å². The zero-order valence-electron chi connectivity index (χ0n) is 45.6. The molecular formula is C62H117NO5. The summed E-state index contributed by atoms with van der Waals surface area (Å²) in [4.78, 5) is 24.5. The van der Waals surface area contributed by atoms with Gasteiger partial charge in [-0.05, 0) is 77.0 Å². The molecule has 6 heteroatoms. The number of nitrogens with one attached hydrogen (secondary N) is 1. The maximum absolute atomic E-state index is 12.5. The number of amides is 1. The minimum Gasteiger partial charge on any atom is -0.466 e. The lowest BCUT2D eigenvalue weighted by Crippen LogP contribution is -2.45. The van der Waals surface area contributed by atoms with Crippen LogP contribution in [0, 0.1) is 0 Å². The fraction of sp³-hybridized carbons (Fsp3) is 0.871. The number of ether oxygens (including phenoxy) is 1. The molecule has 0 aliphatic carbocycles. The smallest absolute Gasteiger partial charge is 0.305 e. The van der Waals surface area contributed by atoms with Crippen LogP contribution < -0.4 is 5.32 Å². The third-order valence-electron chi connectivity index (χ3n) is 13.9. The highest BCUT2D eigenvalue weighted by molar-refractivity contribution is 5.76. The molecule has 0 heterocycles. The first kappa shape index (κ1) is 66.1. The van der Waals surface area contributed by atoms with E-state index in [0.717, 1.165) is 51.4 Å². The van der Waals surface area contributed by atoms with Crippen molar-refractivity contribution >= 4 is 11.9 Å². The third-order valence-corrected chi connectivity index (χ3v) is 13.9. The SMILES string of the molecule is CCCC/C=C\CCCCCCCC(=O)OCCCCCCCCCCC/C=C\CCCCCCCCCC(=O)NC(CO)C(O)/C=C/CCCCCCCCCCCCCCCCCCCC. The molecule has 0 aromatic carbocycles. The Morgan fingerprint density at radius 3 is 1.09 bits per heavy atom. The molecule has 0 aliphatic rings. The minimum absolute atomic E-state index is 0.00561. The Bertz CT molecular complexity index is 1100. The Kier molecular flexibility index (Phi) is 56.0. The molecule has 0 aliphatic heterocycles. The molecule has 6 nitrogen and oxygen atoms in total. The van der Waals surface area contributed by atoms with Crippen LogP contribution in [-0.2, 0) is 14.3 Å². The molecule has 3 N–H and O–H groups in total. The number of allylic oxidation sites excluding steroid dienone is 5. The molecule has 0 saturated carbocycles. The first-order valence-electron chi connectivity index (χ1n) is 30.3. The van der Waals surface area contributed by atoms with Crippen molar-refractivity contribution in [2.75, 3.05) is 13.2 Å². The molecule has 1 amide bonds. The van der Waals surface area contributed by atoms with Gasteiger partial charge in [-0.15, -0.1) is 0 Å². The summed E-state index contributed by atoms with van der Waals surface area (Å²) in [7, 11) is 0. The van der Waals surface area contributed by atoms with E-state index in [-0.39, 0.29) is 18.5 Å². The maximum atomic E-state index is 12.5. The van der Waals surface area contributed by atoms with E-state index >= 15 is 0 Å². The van der Waals surface area contributed by atoms with Crippen molar-refractivity contribution in [2.45, 2.75) is 334 Å². The molecule has 400 valence electrons. The van der Waals surface area contributed by atoms with E-state index in [1.54, 1.807) is 6.08 Å². The van der Waals surface area contributed by atoms with Gasteiger partial charge in [0.05, 0.1) is 25.4 Å². The molecule has 0 radical (unpaired) electrons. The van der Waals surface area contributed by atoms with E-state index in [9.17, 15) is 19.8 Å². The van der Waals surface area contributed by atoms with Gasteiger partial charge >= 0.3 is 5.97 Å². The lowest BCUT2D eigenvalue weighted by Gasteiger charge is -2.20. The van der Waals surface area contributed by atoms with Crippen LogP contribution in [0.2, 0.25) is 0 Å². The number of unbranched alkanes of at least 4 members (excludes halogenated alkanes) is 41. The second-order valence-corrected chi connectivity index (χ2v) is 20.7. The molecule has 68 heavy (non-hydrogen) atoms. The highest BCUT2D eigenvalue weighted by atomic mass is 16.5. The number of carbonyl (C=O) groups is 2.